The first-order valence-electron chi connectivity index (χ1n) is 5.83. The molecule has 0 N–H and O–H groups in total. The van der Waals surface area contributed by atoms with Crippen molar-refractivity contribution in [1.29, 1.82) is 0 Å². The van der Waals surface area contributed by atoms with Crippen LogP contribution in [0.15, 0.2) is 30.3 Å². The predicted molar refractivity (Wildman–Crippen MR) is 70.1 cm³/mol. The summed E-state index contributed by atoms with van der Waals surface area (Å²) in [6, 6.07) is 10.6. The molecule has 0 bridgehead atoms. The lowest BCUT2D eigenvalue weighted by molar-refractivity contribution is 0.170. The molecule has 0 radical (unpaired) electrons. The Morgan fingerprint density at radius 2 is 1.81 bits per heavy atom. The standard InChI is InChI=1S/C15H21N/c1-5-12-15(3,4)16(6-2)13-14-10-8-7-9-11-14/h7-11H,6,13H2,1-4H3. The number of benzene rings is 1. The van der Waals surface area contributed by atoms with Gasteiger partial charge in [-0.25, -0.2) is 0 Å². The van der Waals surface area contributed by atoms with Gasteiger partial charge in [0.25, 0.3) is 0 Å². The maximum absolute atomic E-state index is 3.27. The maximum Gasteiger partial charge on any atom is 0.0771 e. The summed E-state index contributed by atoms with van der Waals surface area (Å²) in [7, 11) is 0. The molecule has 0 atom stereocenters. The van der Waals surface area contributed by atoms with E-state index in [0.717, 1.165) is 13.1 Å². The molecule has 0 fully saturated rings. The van der Waals surface area contributed by atoms with Gasteiger partial charge in [0, 0.05) is 6.54 Å². The Balaban J connectivity index is 2.79. The van der Waals surface area contributed by atoms with Gasteiger partial charge in [0.1, 0.15) is 0 Å². The molecule has 1 heteroatoms. The van der Waals surface area contributed by atoms with E-state index in [1.54, 1.807) is 0 Å². The third kappa shape index (κ3) is 3.40. The first-order valence-corrected chi connectivity index (χ1v) is 5.83. The van der Waals surface area contributed by atoms with Crippen molar-refractivity contribution >= 4 is 0 Å². The highest BCUT2D eigenvalue weighted by atomic mass is 15.2. The summed E-state index contributed by atoms with van der Waals surface area (Å²) in [6.45, 7) is 10.4. The summed E-state index contributed by atoms with van der Waals surface area (Å²) in [5.41, 5.74) is 1.29. The molecule has 1 nitrogen and oxygen atoms in total. The van der Waals surface area contributed by atoms with Crippen LogP contribution in [0.2, 0.25) is 0 Å². The molecule has 0 aliphatic carbocycles. The highest BCUT2D eigenvalue weighted by Gasteiger charge is 2.22. The molecule has 86 valence electrons. The second kappa shape index (κ2) is 5.72. The van der Waals surface area contributed by atoms with E-state index in [4.69, 9.17) is 0 Å². The van der Waals surface area contributed by atoms with Gasteiger partial charge in [0.05, 0.1) is 5.54 Å². The van der Waals surface area contributed by atoms with Crippen LogP contribution < -0.4 is 0 Å². The van der Waals surface area contributed by atoms with E-state index < -0.39 is 0 Å². The third-order valence-electron chi connectivity index (χ3n) is 2.82. The van der Waals surface area contributed by atoms with Crippen molar-refractivity contribution in [2.24, 2.45) is 0 Å². The predicted octanol–water partition coefficient (Wildman–Crippen LogP) is 3.31. The molecule has 0 unspecified atom stereocenters. The average molecular weight is 215 g/mol. The number of rotatable bonds is 4. The number of hydrogen-bond donors (Lipinski definition) is 0. The molecule has 0 spiro atoms. The lowest BCUT2D eigenvalue weighted by Gasteiger charge is -2.33. The molecule has 1 aromatic rings. The summed E-state index contributed by atoms with van der Waals surface area (Å²) < 4.78 is 0. The first-order chi connectivity index (χ1) is 7.60. The fraction of sp³-hybridized carbons (Fsp3) is 0.467. The van der Waals surface area contributed by atoms with E-state index >= 15 is 0 Å². The van der Waals surface area contributed by atoms with E-state index in [1.165, 1.54) is 5.56 Å². The second-order valence-electron chi connectivity index (χ2n) is 4.43. The molecule has 1 rings (SSSR count). The summed E-state index contributed by atoms with van der Waals surface area (Å²) in [4.78, 5) is 2.39. The monoisotopic (exact) mass is 215 g/mol. The molecule has 0 amide bonds. The largest absolute Gasteiger partial charge is 0.284 e. The zero-order valence-corrected chi connectivity index (χ0v) is 10.7. The Bertz CT molecular complexity index is 367. The van der Waals surface area contributed by atoms with Crippen LogP contribution in [0.3, 0.4) is 0 Å². The van der Waals surface area contributed by atoms with E-state index in [-0.39, 0.29) is 5.54 Å². The van der Waals surface area contributed by atoms with Crippen molar-refractivity contribution in [3.63, 3.8) is 0 Å². The number of hydrogen-bond acceptors (Lipinski definition) is 1. The van der Waals surface area contributed by atoms with Gasteiger partial charge in [-0.15, -0.1) is 5.92 Å². The van der Waals surface area contributed by atoms with Crippen molar-refractivity contribution in [2.45, 2.75) is 39.8 Å². The van der Waals surface area contributed by atoms with E-state index in [0.29, 0.717) is 0 Å². The van der Waals surface area contributed by atoms with Crippen LogP contribution in [0.1, 0.15) is 33.3 Å². The third-order valence-corrected chi connectivity index (χ3v) is 2.82. The van der Waals surface area contributed by atoms with Crippen LogP contribution >= 0.6 is 0 Å². The van der Waals surface area contributed by atoms with Crippen molar-refractivity contribution in [3.8, 4) is 11.8 Å². The van der Waals surface area contributed by atoms with Crippen LogP contribution in [0, 0.1) is 11.8 Å². The van der Waals surface area contributed by atoms with Crippen LogP contribution in [0.4, 0.5) is 0 Å². The smallest absolute Gasteiger partial charge is 0.0771 e. The topological polar surface area (TPSA) is 3.24 Å². The SMILES string of the molecule is CC#CC(C)(C)N(CC)Cc1ccccc1. The van der Waals surface area contributed by atoms with Crippen molar-refractivity contribution in [1.82, 2.24) is 4.90 Å². The fourth-order valence-corrected chi connectivity index (χ4v) is 1.89. The van der Waals surface area contributed by atoms with E-state index in [1.807, 2.05) is 6.92 Å². The van der Waals surface area contributed by atoms with Gasteiger partial charge in [-0.2, -0.15) is 0 Å². The Hall–Kier alpha value is -1.26. The lowest BCUT2D eigenvalue weighted by atomic mass is 10.0. The minimum Gasteiger partial charge on any atom is -0.284 e. The molecule has 0 aliphatic heterocycles. The van der Waals surface area contributed by atoms with Gasteiger partial charge >= 0.3 is 0 Å². The van der Waals surface area contributed by atoms with Crippen LogP contribution in [0.5, 0.6) is 0 Å². The van der Waals surface area contributed by atoms with Crippen molar-refractivity contribution < 1.29 is 0 Å². The lowest BCUT2D eigenvalue weighted by Crippen LogP contribution is -2.42. The average Bonchev–Trinajstić information content (AvgIpc) is 2.27. The second-order valence-corrected chi connectivity index (χ2v) is 4.43. The highest BCUT2D eigenvalue weighted by molar-refractivity contribution is 5.18. The van der Waals surface area contributed by atoms with E-state index in [9.17, 15) is 0 Å². The quantitative estimate of drug-likeness (QED) is 0.696. The Kier molecular flexibility index (Phi) is 4.58. The Morgan fingerprint density at radius 1 is 1.19 bits per heavy atom. The zero-order valence-electron chi connectivity index (χ0n) is 10.7. The summed E-state index contributed by atoms with van der Waals surface area (Å²) >= 11 is 0. The van der Waals surface area contributed by atoms with Gasteiger partial charge in [0.15, 0.2) is 0 Å². The number of nitrogens with zero attached hydrogens (tertiary/aromatic N) is 1. The molecule has 0 saturated carbocycles. The fourth-order valence-electron chi connectivity index (χ4n) is 1.89. The van der Waals surface area contributed by atoms with Gasteiger partial charge < -0.3 is 0 Å². The molecule has 0 saturated heterocycles. The first kappa shape index (κ1) is 12.8. The van der Waals surface area contributed by atoms with Gasteiger partial charge in [-0.05, 0) is 32.9 Å². The van der Waals surface area contributed by atoms with Crippen LogP contribution in [-0.4, -0.2) is 17.0 Å². The molecular weight excluding hydrogens is 194 g/mol. The van der Waals surface area contributed by atoms with Crippen molar-refractivity contribution in [3.05, 3.63) is 35.9 Å². The van der Waals surface area contributed by atoms with Gasteiger partial charge in [-0.3, -0.25) is 4.90 Å². The molecule has 0 heterocycles. The Morgan fingerprint density at radius 3 is 2.31 bits per heavy atom. The molecule has 16 heavy (non-hydrogen) atoms. The minimum absolute atomic E-state index is 0.0562. The highest BCUT2D eigenvalue weighted by Crippen LogP contribution is 2.16. The van der Waals surface area contributed by atoms with Crippen molar-refractivity contribution in [2.75, 3.05) is 6.54 Å². The molecule has 0 aliphatic rings. The molecular formula is C15H21N. The molecule has 1 aromatic carbocycles. The van der Waals surface area contributed by atoms with E-state index in [2.05, 4.69) is 67.8 Å². The minimum atomic E-state index is -0.0562. The summed E-state index contributed by atoms with van der Waals surface area (Å²) in [6.07, 6.45) is 0. The maximum atomic E-state index is 3.27. The summed E-state index contributed by atoms with van der Waals surface area (Å²) in [5, 5.41) is 0. The van der Waals surface area contributed by atoms with Crippen LogP contribution in [0.25, 0.3) is 0 Å². The van der Waals surface area contributed by atoms with Crippen LogP contribution in [-0.2, 0) is 6.54 Å². The summed E-state index contributed by atoms with van der Waals surface area (Å²) in [5.74, 6) is 6.29. The zero-order chi connectivity index (χ0) is 12.0. The Labute approximate surface area is 99.5 Å². The normalized spacial score (nSPS) is 11.1. The molecule has 0 aromatic heterocycles. The van der Waals surface area contributed by atoms with Gasteiger partial charge in [-0.1, -0.05) is 43.2 Å². The van der Waals surface area contributed by atoms with Gasteiger partial charge in [0.2, 0.25) is 0 Å².